The SMILES string of the molecule is CC(C)(C)c1cc(CCC(=O)OCCN2C(C)(C)CC(OC3CC(C)(C)N(CCOC(=O)CCc4cc(C(C)(C)C)c(O)c(C(C)(C)C)c4)C(C)(C)C3)CC2(C)C)cc(C(C)(C)C)c1O. The van der Waals surface area contributed by atoms with E-state index in [1.54, 1.807) is 0 Å². The minimum absolute atomic E-state index is 0.0942. The van der Waals surface area contributed by atoms with Gasteiger partial charge in [-0.15, -0.1) is 0 Å². The summed E-state index contributed by atoms with van der Waals surface area (Å²) in [5, 5.41) is 22.3. The van der Waals surface area contributed by atoms with Gasteiger partial charge in [-0.1, -0.05) is 107 Å². The zero-order valence-corrected chi connectivity index (χ0v) is 44.8. The first-order valence-corrected chi connectivity index (χ1v) is 24.6. The molecule has 0 unspecified atom stereocenters. The number of aryl methyl sites for hydroxylation is 2. The topological polar surface area (TPSA) is 109 Å². The Kier molecular flexibility index (Phi) is 16.3. The van der Waals surface area contributed by atoms with Gasteiger partial charge in [-0.25, -0.2) is 0 Å². The van der Waals surface area contributed by atoms with Crippen molar-refractivity contribution in [3.05, 3.63) is 57.6 Å². The number of aromatic hydroxyl groups is 2. The van der Waals surface area contributed by atoms with Gasteiger partial charge in [0.1, 0.15) is 24.7 Å². The van der Waals surface area contributed by atoms with Crippen molar-refractivity contribution in [2.75, 3.05) is 26.3 Å². The van der Waals surface area contributed by atoms with Crippen LogP contribution in [0, 0.1) is 0 Å². The number of ether oxygens (including phenoxy) is 3. The Bertz CT molecular complexity index is 1730. The quantitative estimate of drug-likeness (QED) is 0.179. The van der Waals surface area contributed by atoms with E-state index in [2.05, 4.69) is 148 Å². The van der Waals surface area contributed by atoms with E-state index in [9.17, 15) is 19.8 Å². The Labute approximate surface area is 395 Å². The number of carbonyl (C=O) groups is 2. The van der Waals surface area contributed by atoms with Crippen molar-refractivity contribution in [1.82, 2.24) is 9.80 Å². The Morgan fingerprint density at radius 2 is 0.754 bits per heavy atom. The minimum atomic E-state index is -0.226. The van der Waals surface area contributed by atoms with Crippen molar-refractivity contribution in [1.29, 1.82) is 0 Å². The largest absolute Gasteiger partial charge is 0.507 e. The van der Waals surface area contributed by atoms with Gasteiger partial charge in [0, 0.05) is 48.1 Å². The van der Waals surface area contributed by atoms with Crippen LogP contribution in [0.4, 0.5) is 0 Å². The molecule has 0 aromatic heterocycles. The van der Waals surface area contributed by atoms with Crippen molar-refractivity contribution >= 4 is 11.9 Å². The number of phenols is 2. The standard InChI is InChI=1S/C56H92N2O7/c1-49(2,3)41-29-37(30-42(47(41)61)50(4,5)6)21-23-45(59)63-27-25-57-53(13,14)33-39(34-54(57,15)16)65-40-35-55(17,18)58(56(19,20)36-40)26-28-64-46(60)24-22-38-31-43(51(7,8)9)48(62)44(32-38)52(10,11)12/h29-32,39-40,61-62H,21-28,33-36H2,1-20H3. The molecule has 2 aliphatic heterocycles. The van der Waals surface area contributed by atoms with E-state index in [4.69, 9.17) is 14.2 Å². The highest BCUT2D eigenvalue weighted by molar-refractivity contribution is 5.70. The van der Waals surface area contributed by atoms with Crippen LogP contribution in [-0.2, 0) is 58.3 Å². The summed E-state index contributed by atoms with van der Waals surface area (Å²) in [6.45, 7) is 45.5. The Morgan fingerprint density at radius 1 is 0.508 bits per heavy atom. The zero-order valence-electron chi connectivity index (χ0n) is 44.8. The molecule has 2 N–H and O–H groups in total. The van der Waals surface area contributed by atoms with E-state index in [1.165, 1.54) is 0 Å². The van der Waals surface area contributed by atoms with Crippen LogP contribution >= 0.6 is 0 Å². The predicted octanol–water partition coefficient (Wildman–Crippen LogP) is 12.0. The fourth-order valence-electron chi connectivity index (χ4n) is 11.2. The lowest BCUT2D eigenvalue weighted by Gasteiger charge is -2.58. The van der Waals surface area contributed by atoms with E-state index >= 15 is 0 Å². The van der Waals surface area contributed by atoms with E-state index in [0.717, 1.165) is 59.1 Å². The summed E-state index contributed by atoms with van der Waals surface area (Å²) in [6.07, 6.45) is 5.42. The minimum Gasteiger partial charge on any atom is -0.507 e. The van der Waals surface area contributed by atoms with Crippen LogP contribution in [0.5, 0.6) is 11.5 Å². The van der Waals surface area contributed by atoms with E-state index in [-0.39, 0.29) is 80.8 Å². The number of hydrogen-bond acceptors (Lipinski definition) is 9. The summed E-state index contributed by atoms with van der Waals surface area (Å²) in [5.41, 5.74) is 4.13. The van der Waals surface area contributed by atoms with E-state index < -0.39 is 0 Å². The lowest BCUT2D eigenvalue weighted by Crippen LogP contribution is -2.65. The second-order valence-corrected chi connectivity index (χ2v) is 26.3. The number of piperidine rings is 2. The summed E-state index contributed by atoms with van der Waals surface area (Å²) in [7, 11) is 0. The first kappa shape index (κ1) is 54.5. The highest BCUT2D eigenvalue weighted by atomic mass is 16.5. The molecule has 0 bridgehead atoms. The molecule has 368 valence electrons. The van der Waals surface area contributed by atoms with Crippen LogP contribution in [0.3, 0.4) is 0 Å². The summed E-state index contributed by atoms with van der Waals surface area (Å²) in [4.78, 5) is 31.2. The number of hydrogen-bond donors (Lipinski definition) is 2. The molecule has 65 heavy (non-hydrogen) atoms. The van der Waals surface area contributed by atoms with Crippen LogP contribution in [0.25, 0.3) is 0 Å². The molecule has 0 atom stereocenters. The summed E-state index contributed by atoms with van der Waals surface area (Å²) >= 11 is 0. The van der Waals surface area contributed by atoms with Gasteiger partial charge in [0.2, 0.25) is 0 Å². The molecule has 2 saturated heterocycles. The number of benzene rings is 2. The first-order chi connectivity index (χ1) is 29.3. The molecule has 0 radical (unpaired) electrons. The Hall–Kier alpha value is -3.14. The van der Waals surface area contributed by atoms with Crippen LogP contribution < -0.4 is 0 Å². The molecule has 0 saturated carbocycles. The third-order valence-corrected chi connectivity index (χ3v) is 14.2. The average molecular weight is 905 g/mol. The van der Waals surface area contributed by atoms with Gasteiger partial charge < -0.3 is 24.4 Å². The highest BCUT2D eigenvalue weighted by Crippen LogP contribution is 2.45. The van der Waals surface area contributed by atoms with E-state index in [1.807, 2.05) is 24.3 Å². The van der Waals surface area contributed by atoms with Gasteiger partial charge in [0.25, 0.3) is 0 Å². The maximum absolute atomic E-state index is 13.1. The highest BCUT2D eigenvalue weighted by Gasteiger charge is 2.49. The van der Waals surface area contributed by atoms with Crippen molar-refractivity contribution in [3.8, 4) is 11.5 Å². The smallest absolute Gasteiger partial charge is 0.306 e. The normalized spacial score (nSPS) is 19.9. The molecule has 0 amide bonds. The molecule has 9 nitrogen and oxygen atoms in total. The molecule has 2 fully saturated rings. The third-order valence-electron chi connectivity index (χ3n) is 14.2. The van der Waals surface area contributed by atoms with Crippen molar-refractivity contribution in [3.63, 3.8) is 0 Å². The fraction of sp³-hybridized carbons (Fsp3) is 0.750. The van der Waals surface area contributed by atoms with Gasteiger partial charge in [0.05, 0.1) is 12.2 Å². The lowest BCUT2D eigenvalue weighted by molar-refractivity contribution is -0.169. The number of esters is 2. The summed E-state index contributed by atoms with van der Waals surface area (Å²) in [5.74, 6) is 0.300. The molecule has 2 aromatic rings. The molecular weight excluding hydrogens is 813 g/mol. The zero-order chi connectivity index (χ0) is 49.5. The molecule has 2 aliphatic rings. The molecule has 2 aromatic carbocycles. The van der Waals surface area contributed by atoms with Gasteiger partial charge in [-0.05, 0) is 149 Å². The van der Waals surface area contributed by atoms with Crippen LogP contribution in [0.15, 0.2) is 24.3 Å². The van der Waals surface area contributed by atoms with Crippen LogP contribution in [0.1, 0.15) is 210 Å². The second kappa shape index (κ2) is 19.5. The number of phenolic OH excluding ortho intramolecular Hbond substituents is 2. The summed E-state index contributed by atoms with van der Waals surface area (Å²) in [6, 6.07) is 8.20. The first-order valence-electron chi connectivity index (χ1n) is 24.6. The molecule has 0 aliphatic carbocycles. The van der Waals surface area contributed by atoms with Crippen LogP contribution in [0.2, 0.25) is 0 Å². The molecule has 4 rings (SSSR count). The van der Waals surface area contributed by atoms with Crippen molar-refractivity contribution < 1.29 is 34.0 Å². The average Bonchev–Trinajstić information content (AvgIpc) is 3.10. The number of likely N-dealkylation sites (tertiary alicyclic amines) is 2. The molecule has 2 heterocycles. The number of rotatable bonds is 14. The molecule has 9 heteroatoms. The predicted molar refractivity (Wildman–Crippen MR) is 266 cm³/mol. The van der Waals surface area contributed by atoms with Gasteiger partial charge in [-0.3, -0.25) is 19.4 Å². The molecular formula is C56H92N2O7. The van der Waals surface area contributed by atoms with Gasteiger partial charge in [-0.2, -0.15) is 0 Å². The Morgan fingerprint density at radius 3 is 0.985 bits per heavy atom. The maximum atomic E-state index is 13.1. The maximum Gasteiger partial charge on any atom is 0.306 e. The van der Waals surface area contributed by atoms with Crippen molar-refractivity contribution in [2.24, 2.45) is 0 Å². The lowest BCUT2D eigenvalue weighted by atomic mass is 9.76. The Balaban J connectivity index is 1.28. The summed E-state index contributed by atoms with van der Waals surface area (Å²) < 4.78 is 18.8. The number of carbonyl (C=O) groups excluding carboxylic acids is 2. The second-order valence-electron chi connectivity index (χ2n) is 26.3. The number of nitrogens with zero attached hydrogens (tertiary/aromatic N) is 2. The van der Waals surface area contributed by atoms with Crippen molar-refractivity contribution in [2.45, 2.75) is 246 Å². The third kappa shape index (κ3) is 14.0. The van der Waals surface area contributed by atoms with Gasteiger partial charge >= 0.3 is 11.9 Å². The monoisotopic (exact) mass is 905 g/mol. The van der Waals surface area contributed by atoms with Crippen LogP contribution in [-0.4, -0.2) is 92.6 Å². The molecule has 0 spiro atoms. The fourth-order valence-corrected chi connectivity index (χ4v) is 11.2. The van der Waals surface area contributed by atoms with Gasteiger partial charge in [0.15, 0.2) is 0 Å². The van der Waals surface area contributed by atoms with E-state index in [0.29, 0.717) is 50.6 Å².